The number of esters is 1. The molecule has 1 aliphatic heterocycles. The fraction of sp³-hybridized carbons (Fsp3) is 0.583. The van der Waals surface area contributed by atoms with Crippen LogP contribution in [-0.2, 0) is 19.1 Å². The molecule has 0 aliphatic carbocycles. The van der Waals surface area contributed by atoms with E-state index in [9.17, 15) is 23.9 Å². The molecule has 0 radical (unpaired) electrons. The predicted molar refractivity (Wildman–Crippen MR) is 71.5 cm³/mol. The quantitative estimate of drug-likeness (QED) is 0.406. The summed E-state index contributed by atoms with van der Waals surface area (Å²) >= 11 is 0. The van der Waals surface area contributed by atoms with Crippen molar-refractivity contribution in [3.63, 3.8) is 0 Å². The van der Waals surface area contributed by atoms with Gasteiger partial charge in [-0.15, -0.1) is 0 Å². The van der Waals surface area contributed by atoms with Gasteiger partial charge in [0, 0.05) is 6.42 Å². The average Bonchev–Trinajstić information content (AvgIpc) is 2.87. The number of carbonyl (C=O) groups excluding carboxylic acids is 1. The zero-order chi connectivity index (χ0) is 17.0. The molecule has 3 atom stereocenters. The fourth-order valence-electron chi connectivity index (χ4n) is 2.10. The number of halogens is 1. The first-order valence-corrected chi connectivity index (χ1v) is 6.74. The minimum absolute atomic E-state index is 0.0123. The summed E-state index contributed by atoms with van der Waals surface area (Å²) in [7, 11) is 0. The molecule has 23 heavy (non-hydrogen) atoms. The van der Waals surface area contributed by atoms with E-state index in [1.165, 1.54) is 0 Å². The highest BCUT2D eigenvalue weighted by Crippen LogP contribution is 2.27. The summed E-state index contributed by atoms with van der Waals surface area (Å²) in [6.07, 6.45) is -2.29. The second-order valence-electron chi connectivity index (χ2n) is 4.88. The van der Waals surface area contributed by atoms with E-state index in [2.05, 4.69) is 4.84 Å². The number of hydrogen-bond acceptors (Lipinski definition) is 8. The molecular weight excluding hydrogens is 317 g/mol. The molecule has 2 rings (SSSR count). The van der Waals surface area contributed by atoms with Crippen LogP contribution in [0.2, 0.25) is 0 Å². The third kappa shape index (κ3) is 4.22. The second kappa shape index (κ2) is 7.46. The van der Waals surface area contributed by atoms with Crippen LogP contribution in [-0.4, -0.2) is 46.0 Å². The highest BCUT2D eigenvalue weighted by Gasteiger charge is 2.36. The molecule has 0 saturated carbocycles. The largest absolute Gasteiger partial charge is 0.463 e. The van der Waals surface area contributed by atoms with Crippen molar-refractivity contribution in [2.45, 2.75) is 31.3 Å². The zero-order valence-electron chi connectivity index (χ0n) is 11.9. The summed E-state index contributed by atoms with van der Waals surface area (Å²) in [5.74, 6) is 3.03. The monoisotopic (exact) mass is 333 g/mol. The second-order valence-corrected chi connectivity index (χ2v) is 4.88. The molecule has 11 heteroatoms. The zero-order valence-corrected chi connectivity index (χ0v) is 11.9. The van der Waals surface area contributed by atoms with Gasteiger partial charge in [0.1, 0.15) is 18.9 Å². The van der Waals surface area contributed by atoms with Crippen molar-refractivity contribution >= 4 is 5.97 Å². The maximum absolute atomic E-state index is 13.3. The number of nitrogens with zero attached hydrogens (tertiary/aromatic N) is 1. The number of nitrogens with two attached hydrogens (primary N) is 1. The first-order valence-electron chi connectivity index (χ1n) is 6.74. The number of ether oxygens (including phenoxy) is 2. The summed E-state index contributed by atoms with van der Waals surface area (Å²) in [6, 6.07) is 0. The molecule has 10 nitrogen and oxygen atoms in total. The standard InChI is InChI=1S/C12H16FN3O7/c13-6-4-16(12(20)15-11(6)19)9-3-7(17)8(23-9)5-21-10(18)1-2-22-14/h4,7-9,17H,1-3,5,14H2,(H,15,19,20)/t7-,8+,9+/m0/s1. The van der Waals surface area contributed by atoms with Gasteiger partial charge in [-0.05, 0) is 0 Å². The maximum Gasteiger partial charge on any atom is 0.330 e. The number of hydrogen-bond donors (Lipinski definition) is 3. The number of nitrogens with one attached hydrogen (secondary N) is 1. The Kier molecular flexibility index (Phi) is 5.60. The average molecular weight is 333 g/mol. The Morgan fingerprint density at radius 1 is 1.57 bits per heavy atom. The van der Waals surface area contributed by atoms with Gasteiger partial charge in [0.2, 0.25) is 5.82 Å². The van der Waals surface area contributed by atoms with Crippen molar-refractivity contribution in [3.05, 3.63) is 32.9 Å². The number of H-pyrrole nitrogens is 1. The lowest BCUT2D eigenvalue weighted by Gasteiger charge is -2.16. The first-order chi connectivity index (χ1) is 10.9. The molecule has 2 heterocycles. The van der Waals surface area contributed by atoms with Crippen LogP contribution in [0, 0.1) is 5.82 Å². The normalized spacial score (nSPS) is 23.9. The van der Waals surface area contributed by atoms with E-state index in [-0.39, 0.29) is 26.1 Å². The van der Waals surface area contributed by atoms with Crippen molar-refractivity contribution < 1.29 is 28.6 Å². The summed E-state index contributed by atoms with van der Waals surface area (Å²) in [6.45, 7) is -0.261. The Morgan fingerprint density at radius 2 is 2.30 bits per heavy atom. The van der Waals surface area contributed by atoms with Gasteiger partial charge in [0.05, 0.1) is 25.3 Å². The Hall–Kier alpha value is -2.08. The Labute approximate surface area is 128 Å². The van der Waals surface area contributed by atoms with E-state index in [0.29, 0.717) is 6.20 Å². The van der Waals surface area contributed by atoms with Crippen LogP contribution in [0.5, 0.6) is 0 Å². The number of aliphatic hydroxyl groups excluding tert-OH is 1. The molecule has 0 spiro atoms. The van der Waals surface area contributed by atoms with E-state index in [1.54, 1.807) is 4.98 Å². The van der Waals surface area contributed by atoms with Crippen LogP contribution in [0.25, 0.3) is 0 Å². The summed E-state index contributed by atoms with van der Waals surface area (Å²) in [5, 5.41) is 9.88. The molecule has 0 aromatic carbocycles. The lowest BCUT2D eigenvalue weighted by atomic mass is 10.2. The molecular formula is C12H16FN3O7. The number of aromatic nitrogens is 2. The minimum Gasteiger partial charge on any atom is -0.463 e. The van der Waals surface area contributed by atoms with Crippen molar-refractivity contribution in [3.8, 4) is 0 Å². The van der Waals surface area contributed by atoms with Crippen molar-refractivity contribution in [1.29, 1.82) is 0 Å². The molecule has 1 saturated heterocycles. The number of aromatic amines is 1. The Balaban J connectivity index is 1.98. The van der Waals surface area contributed by atoms with Gasteiger partial charge in [-0.3, -0.25) is 19.1 Å². The van der Waals surface area contributed by atoms with E-state index in [1.807, 2.05) is 0 Å². The fourth-order valence-corrected chi connectivity index (χ4v) is 2.10. The van der Waals surface area contributed by atoms with Crippen LogP contribution in [0.1, 0.15) is 19.1 Å². The molecule has 1 aliphatic rings. The molecule has 0 unspecified atom stereocenters. The smallest absolute Gasteiger partial charge is 0.330 e. The van der Waals surface area contributed by atoms with Crippen molar-refractivity contribution in [2.75, 3.05) is 13.2 Å². The molecule has 1 fully saturated rings. The number of rotatable bonds is 6. The Morgan fingerprint density at radius 3 is 3.00 bits per heavy atom. The van der Waals surface area contributed by atoms with Gasteiger partial charge in [-0.2, -0.15) is 4.39 Å². The van der Waals surface area contributed by atoms with Crippen LogP contribution >= 0.6 is 0 Å². The van der Waals surface area contributed by atoms with Gasteiger partial charge in [-0.25, -0.2) is 10.7 Å². The highest BCUT2D eigenvalue weighted by atomic mass is 19.1. The van der Waals surface area contributed by atoms with Gasteiger partial charge in [-0.1, -0.05) is 0 Å². The van der Waals surface area contributed by atoms with Gasteiger partial charge < -0.3 is 19.4 Å². The molecule has 0 bridgehead atoms. The molecule has 128 valence electrons. The lowest BCUT2D eigenvalue weighted by Crippen LogP contribution is -2.34. The Bertz CT molecular complexity index is 673. The third-order valence-corrected chi connectivity index (χ3v) is 3.27. The summed E-state index contributed by atoms with van der Waals surface area (Å²) in [4.78, 5) is 40.0. The van der Waals surface area contributed by atoms with Crippen molar-refractivity contribution in [2.24, 2.45) is 5.90 Å². The van der Waals surface area contributed by atoms with E-state index in [0.717, 1.165) is 4.57 Å². The third-order valence-electron chi connectivity index (χ3n) is 3.27. The van der Waals surface area contributed by atoms with Crippen LogP contribution < -0.4 is 17.1 Å². The maximum atomic E-state index is 13.3. The van der Waals surface area contributed by atoms with Crippen LogP contribution in [0.3, 0.4) is 0 Å². The first kappa shape index (κ1) is 17.3. The van der Waals surface area contributed by atoms with Gasteiger partial charge in [0.15, 0.2) is 0 Å². The molecule has 1 aromatic rings. The summed E-state index contributed by atoms with van der Waals surface area (Å²) < 4.78 is 24.3. The van der Waals surface area contributed by atoms with Gasteiger partial charge >= 0.3 is 11.7 Å². The van der Waals surface area contributed by atoms with E-state index < -0.39 is 41.5 Å². The SMILES string of the molecule is NOCCC(=O)OC[C@H]1O[C@@H](n2cc(F)c(=O)[nH]c2=O)C[C@@H]1O. The minimum atomic E-state index is -1.15. The molecule has 1 aromatic heterocycles. The van der Waals surface area contributed by atoms with Gasteiger partial charge in [0.25, 0.3) is 5.56 Å². The predicted octanol–water partition coefficient (Wildman–Crippen LogP) is -1.85. The van der Waals surface area contributed by atoms with E-state index in [4.69, 9.17) is 15.4 Å². The highest BCUT2D eigenvalue weighted by molar-refractivity contribution is 5.69. The molecule has 0 amide bonds. The van der Waals surface area contributed by atoms with E-state index >= 15 is 0 Å². The topological polar surface area (TPSA) is 146 Å². The number of carbonyl (C=O) groups is 1. The van der Waals surface area contributed by atoms with Crippen molar-refractivity contribution in [1.82, 2.24) is 9.55 Å². The molecule has 4 N–H and O–H groups in total. The van der Waals surface area contributed by atoms with Crippen LogP contribution in [0.15, 0.2) is 15.8 Å². The lowest BCUT2D eigenvalue weighted by molar-refractivity contribution is -0.151. The van der Waals surface area contributed by atoms with Crippen LogP contribution in [0.4, 0.5) is 4.39 Å². The summed E-state index contributed by atoms with van der Waals surface area (Å²) in [5.41, 5.74) is -2.01. The number of aliphatic hydroxyl groups is 1.